The quantitative estimate of drug-likeness (QED) is 0.679. The topological polar surface area (TPSA) is 69.7 Å². The summed E-state index contributed by atoms with van der Waals surface area (Å²) in [7, 11) is 0. The van der Waals surface area contributed by atoms with Gasteiger partial charge in [-0.15, -0.1) is 0 Å². The van der Waals surface area contributed by atoms with Crippen molar-refractivity contribution in [3.63, 3.8) is 0 Å². The van der Waals surface area contributed by atoms with Crippen LogP contribution >= 0.6 is 0 Å². The van der Waals surface area contributed by atoms with E-state index in [0.29, 0.717) is 17.5 Å². The summed E-state index contributed by atoms with van der Waals surface area (Å²) in [5.74, 6) is -1.33. The number of imide groups is 1. The second kappa shape index (κ2) is 9.19. The van der Waals surface area contributed by atoms with Gasteiger partial charge >= 0.3 is 0 Å². The van der Waals surface area contributed by atoms with Crippen molar-refractivity contribution < 1.29 is 18.8 Å². The van der Waals surface area contributed by atoms with Crippen molar-refractivity contribution in [3.05, 3.63) is 69.0 Å². The highest BCUT2D eigenvalue weighted by Gasteiger charge is 2.40. The number of rotatable bonds is 4. The number of likely N-dealkylation sites (tertiary alicyclic amines) is 1. The van der Waals surface area contributed by atoms with Crippen LogP contribution in [0.25, 0.3) is 0 Å². The lowest BCUT2D eigenvalue weighted by atomic mass is 9.87. The fraction of sp³-hybridized carbons (Fsp3) is 0.464. The van der Waals surface area contributed by atoms with Crippen LogP contribution in [-0.4, -0.2) is 46.7 Å². The molecular weight excluding hydrogens is 445 g/mol. The third-order valence-corrected chi connectivity index (χ3v) is 7.89. The Bertz CT molecular complexity index is 1190. The largest absolute Gasteiger partial charge is 0.322 e. The third-order valence-electron chi connectivity index (χ3n) is 7.89. The van der Waals surface area contributed by atoms with Gasteiger partial charge < -0.3 is 4.90 Å². The Hall–Kier alpha value is -3.06. The van der Waals surface area contributed by atoms with E-state index in [0.717, 1.165) is 38.0 Å². The number of amides is 3. The lowest BCUT2D eigenvalue weighted by Crippen LogP contribution is -2.52. The van der Waals surface area contributed by atoms with Crippen molar-refractivity contribution >= 4 is 17.7 Å². The van der Waals surface area contributed by atoms with Gasteiger partial charge in [-0.1, -0.05) is 23.8 Å². The van der Waals surface area contributed by atoms with Gasteiger partial charge in [0.15, 0.2) is 0 Å². The van der Waals surface area contributed by atoms with Crippen molar-refractivity contribution in [1.29, 1.82) is 0 Å². The summed E-state index contributed by atoms with van der Waals surface area (Å²) < 4.78 is 15.2. The second-order valence-corrected chi connectivity index (χ2v) is 10.4. The number of hydrogen-bond acceptors (Lipinski definition) is 4. The monoisotopic (exact) mass is 477 g/mol. The Morgan fingerprint density at radius 2 is 1.66 bits per heavy atom. The van der Waals surface area contributed by atoms with Crippen LogP contribution in [0, 0.1) is 26.6 Å². The summed E-state index contributed by atoms with van der Waals surface area (Å²) in [5.41, 5.74) is 7.07. The maximum atomic E-state index is 15.2. The standard InChI is InChI=1S/C28H32FN3O3/c1-16-10-17(2)23(18(3)11-16)15-31-8-6-19(7-9-31)21-12-20-14-32(28(35)22(20)13-24(21)29)25-4-5-26(33)30-27(25)34/h10-13,19,25H,4-9,14-15H2,1-3H3,(H,30,33,34). The number of hydrogen-bond donors (Lipinski definition) is 1. The molecule has 0 saturated carbocycles. The van der Waals surface area contributed by atoms with Crippen molar-refractivity contribution in [1.82, 2.24) is 15.1 Å². The molecule has 1 unspecified atom stereocenters. The van der Waals surface area contributed by atoms with Crippen molar-refractivity contribution in [3.8, 4) is 0 Å². The minimum Gasteiger partial charge on any atom is -0.322 e. The van der Waals surface area contributed by atoms with Gasteiger partial charge in [-0.05, 0) is 92.9 Å². The van der Waals surface area contributed by atoms with Crippen molar-refractivity contribution in [2.24, 2.45) is 0 Å². The van der Waals surface area contributed by atoms with E-state index in [2.05, 4.69) is 43.1 Å². The summed E-state index contributed by atoms with van der Waals surface area (Å²) in [6, 6.07) is 6.96. The van der Waals surface area contributed by atoms with E-state index in [1.807, 2.05) is 6.07 Å². The molecule has 0 aliphatic carbocycles. The van der Waals surface area contributed by atoms with E-state index in [9.17, 15) is 14.4 Å². The third kappa shape index (κ3) is 4.49. The fourth-order valence-corrected chi connectivity index (χ4v) is 6.01. The smallest absolute Gasteiger partial charge is 0.255 e. The number of fused-ring (bicyclic) bond motifs is 1. The van der Waals surface area contributed by atoms with Crippen LogP contribution in [-0.2, 0) is 22.7 Å². The van der Waals surface area contributed by atoms with E-state index in [1.54, 1.807) is 0 Å². The van der Waals surface area contributed by atoms with Gasteiger partial charge in [-0.2, -0.15) is 0 Å². The maximum Gasteiger partial charge on any atom is 0.255 e. The number of nitrogens with one attached hydrogen (secondary N) is 1. The first-order valence-electron chi connectivity index (χ1n) is 12.5. The van der Waals surface area contributed by atoms with Gasteiger partial charge in [0.05, 0.1) is 0 Å². The Balaban J connectivity index is 1.27. The van der Waals surface area contributed by atoms with Crippen molar-refractivity contribution in [2.75, 3.05) is 13.1 Å². The van der Waals surface area contributed by atoms with Crippen LogP contribution in [0.15, 0.2) is 24.3 Å². The molecule has 3 aliphatic rings. The SMILES string of the molecule is Cc1cc(C)c(CN2CCC(c3cc4c(cc3F)C(=O)N(C3CCC(=O)NC3=O)C4)CC2)c(C)c1. The molecule has 184 valence electrons. The van der Waals surface area contributed by atoms with Gasteiger partial charge in [-0.25, -0.2) is 4.39 Å². The number of carbonyl (C=O) groups excluding carboxylic acids is 3. The number of piperidine rings is 2. The first-order valence-corrected chi connectivity index (χ1v) is 12.5. The molecule has 0 spiro atoms. The zero-order valence-electron chi connectivity index (χ0n) is 20.6. The predicted molar refractivity (Wildman–Crippen MR) is 130 cm³/mol. The molecule has 3 aliphatic heterocycles. The van der Waals surface area contributed by atoms with Gasteiger partial charge in [0, 0.05) is 25.1 Å². The lowest BCUT2D eigenvalue weighted by molar-refractivity contribution is -0.136. The Morgan fingerprint density at radius 1 is 0.971 bits per heavy atom. The Morgan fingerprint density at radius 3 is 2.31 bits per heavy atom. The molecule has 0 bridgehead atoms. The van der Waals surface area contributed by atoms with E-state index in [1.165, 1.54) is 33.2 Å². The molecule has 1 N–H and O–H groups in total. The normalized spacial score (nSPS) is 21.4. The Kier molecular flexibility index (Phi) is 6.21. The highest BCUT2D eigenvalue weighted by molar-refractivity contribution is 6.05. The van der Waals surface area contributed by atoms with Crippen LogP contribution < -0.4 is 5.32 Å². The van der Waals surface area contributed by atoms with Gasteiger partial charge in [-0.3, -0.25) is 24.6 Å². The van der Waals surface area contributed by atoms with Crippen LogP contribution in [0.5, 0.6) is 0 Å². The zero-order valence-corrected chi connectivity index (χ0v) is 20.6. The minimum atomic E-state index is -0.684. The van der Waals surface area contributed by atoms with Crippen LogP contribution in [0.4, 0.5) is 4.39 Å². The average Bonchev–Trinajstić information content (AvgIpc) is 3.11. The molecule has 3 amide bonds. The van der Waals surface area contributed by atoms with E-state index in [4.69, 9.17) is 0 Å². The van der Waals surface area contributed by atoms with Crippen LogP contribution in [0.2, 0.25) is 0 Å². The minimum absolute atomic E-state index is 0.108. The summed E-state index contributed by atoms with van der Waals surface area (Å²) in [6.45, 7) is 9.44. The maximum absolute atomic E-state index is 15.2. The summed E-state index contributed by atoms with van der Waals surface area (Å²) >= 11 is 0. The molecular formula is C28H32FN3O3. The van der Waals surface area contributed by atoms with Crippen LogP contribution in [0.1, 0.15) is 75.3 Å². The number of halogens is 1. The molecule has 0 aromatic heterocycles. The predicted octanol–water partition coefficient (Wildman–Crippen LogP) is 3.89. The average molecular weight is 478 g/mol. The molecule has 5 rings (SSSR count). The summed E-state index contributed by atoms with van der Waals surface area (Å²) in [5, 5.41) is 2.31. The molecule has 2 saturated heterocycles. The van der Waals surface area contributed by atoms with Gasteiger partial charge in [0.1, 0.15) is 11.9 Å². The number of carbonyl (C=O) groups is 3. The zero-order chi connectivity index (χ0) is 24.9. The molecule has 6 nitrogen and oxygen atoms in total. The Labute approximate surface area is 205 Å². The molecule has 7 heteroatoms. The van der Waals surface area contributed by atoms with Crippen LogP contribution in [0.3, 0.4) is 0 Å². The van der Waals surface area contributed by atoms with Gasteiger partial charge in [0.25, 0.3) is 5.91 Å². The first-order chi connectivity index (χ1) is 16.7. The molecule has 2 aromatic rings. The van der Waals surface area contributed by atoms with E-state index in [-0.39, 0.29) is 36.5 Å². The lowest BCUT2D eigenvalue weighted by Gasteiger charge is -2.33. The fourth-order valence-electron chi connectivity index (χ4n) is 6.01. The molecule has 2 aromatic carbocycles. The molecule has 1 atom stereocenters. The summed E-state index contributed by atoms with van der Waals surface area (Å²) in [6.07, 6.45) is 2.24. The van der Waals surface area contributed by atoms with Crippen molar-refractivity contribution in [2.45, 2.75) is 71.5 Å². The molecule has 35 heavy (non-hydrogen) atoms. The molecule has 2 fully saturated rings. The van der Waals surface area contributed by atoms with E-state index >= 15 is 4.39 Å². The number of nitrogens with zero attached hydrogens (tertiary/aromatic N) is 2. The number of benzene rings is 2. The highest BCUT2D eigenvalue weighted by Crippen LogP contribution is 2.36. The molecule has 3 heterocycles. The van der Waals surface area contributed by atoms with E-state index < -0.39 is 11.9 Å². The second-order valence-electron chi connectivity index (χ2n) is 10.4. The van der Waals surface area contributed by atoms with Gasteiger partial charge in [0.2, 0.25) is 11.8 Å². The highest BCUT2D eigenvalue weighted by atomic mass is 19.1. The summed E-state index contributed by atoms with van der Waals surface area (Å²) in [4.78, 5) is 40.6. The molecule has 0 radical (unpaired) electrons. The number of aryl methyl sites for hydroxylation is 3. The first kappa shape index (κ1) is 23.7.